The summed E-state index contributed by atoms with van der Waals surface area (Å²) in [5, 5.41) is 2.43. The van der Waals surface area contributed by atoms with E-state index in [0.29, 0.717) is 19.0 Å². The van der Waals surface area contributed by atoms with E-state index in [9.17, 15) is 16.8 Å². The lowest BCUT2D eigenvalue weighted by Crippen LogP contribution is -2.41. The Morgan fingerprint density at radius 1 is 1.17 bits per heavy atom. The number of sulfonamides is 1. The van der Waals surface area contributed by atoms with Crippen molar-refractivity contribution in [3.8, 4) is 0 Å². The van der Waals surface area contributed by atoms with Crippen molar-refractivity contribution in [2.45, 2.75) is 19.8 Å². The molecule has 1 aliphatic rings. The molecule has 0 amide bonds. The number of nitrogens with zero attached hydrogens (tertiary/aromatic N) is 1. The zero-order chi connectivity index (χ0) is 13.8. The average Bonchev–Trinajstić information content (AvgIpc) is 2.23. The fraction of sp³-hybridized carbons (Fsp3) is 1.00. The molecular formula is C10H22N2O4S2. The predicted octanol–water partition coefficient (Wildman–Crippen LogP) is -0.360. The molecule has 1 N–H and O–H groups in total. The van der Waals surface area contributed by atoms with Crippen molar-refractivity contribution in [1.82, 2.24) is 9.62 Å². The van der Waals surface area contributed by atoms with Crippen molar-refractivity contribution in [2.24, 2.45) is 5.92 Å². The Labute approximate surface area is 110 Å². The van der Waals surface area contributed by atoms with Crippen LogP contribution in [0.3, 0.4) is 0 Å². The molecule has 0 saturated carbocycles. The lowest BCUT2D eigenvalue weighted by Gasteiger charge is -2.28. The molecule has 0 radical (unpaired) electrons. The highest BCUT2D eigenvalue weighted by molar-refractivity contribution is 8.06. The maximum atomic E-state index is 12.0. The standard InChI is InChI=1S/C10H22N2O4S2/c1-3-12(8-10-4-6-11-7-5-10)18(15,16)9-17(2,13)14/h10-11H,3-9H2,1-2H3. The minimum absolute atomic E-state index is 0.320. The summed E-state index contributed by atoms with van der Waals surface area (Å²) < 4.78 is 47.5. The van der Waals surface area contributed by atoms with E-state index in [-0.39, 0.29) is 0 Å². The topological polar surface area (TPSA) is 83.6 Å². The Balaban J connectivity index is 2.69. The van der Waals surface area contributed by atoms with Gasteiger partial charge in [0, 0.05) is 19.3 Å². The lowest BCUT2D eigenvalue weighted by atomic mass is 9.98. The Hall–Kier alpha value is -0.180. The summed E-state index contributed by atoms with van der Waals surface area (Å²) in [5.41, 5.74) is 0. The van der Waals surface area contributed by atoms with Crippen LogP contribution in [0, 0.1) is 5.92 Å². The smallest absolute Gasteiger partial charge is 0.228 e. The van der Waals surface area contributed by atoms with Crippen LogP contribution < -0.4 is 5.32 Å². The lowest BCUT2D eigenvalue weighted by molar-refractivity contribution is 0.295. The van der Waals surface area contributed by atoms with Crippen LogP contribution in [0.2, 0.25) is 0 Å². The monoisotopic (exact) mass is 298 g/mol. The second-order valence-corrected chi connectivity index (χ2v) is 9.27. The zero-order valence-corrected chi connectivity index (χ0v) is 12.6. The summed E-state index contributed by atoms with van der Waals surface area (Å²) in [6.45, 7) is 4.28. The average molecular weight is 298 g/mol. The first kappa shape index (κ1) is 15.9. The molecule has 1 heterocycles. The van der Waals surface area contributed by atoms with Crippen LogP contribution >= 0.6 is 0 Å². The molecule has 8 heteroatoms. The van der Waals surface area contributed by atoms with E-state index in [2.05, 4.69) is 5.32 Å². The van der Waals surface area contributed by atoms with Crippen molar-refractivity contribution in [1.29, 1.82) is 0 Å². The molecule has 0 aliphatic carbocycles. The van der Waals surface area contributed by atoms with Gasteiger partial charge in [0.05, 0.1) is 0 Å². The van der Waals surface area contributed by atoms with Crippen molar-refractivity contribution in [3.05, 3.63) is 0 Å². The molecule has 6 nitrogen and oxygen atoms in total. The first-order valence-corrected chi connectivity index (χ1v) is 9.78. The summed E-state index contributed by atoms with van der Waals surface area (Å²) in [6.07, 6.45) is 2.82. The third-order valence-electron chi connectivity index (χ3n) is 3.03. The second kappa shape index (κ2) is 6.31. The quantitative estimate of drug-likeness (QED) is 0.724. The van der Waals surface area contributed by atoms with Gasteiger partial charge in [-0.1, -0.05) is 6.92 Å². The van der Waals surface area contributed by atoms with Crippen LogP contribution in [0.1, 0.15) is 19.8 Å². The van der Waals surface area contributed by atoms with Gasteiger partial charge in [0.25, 0.3) is 0 Å². The number of sulfone groups is 1. The molecule has 1 aliphatic heterocycles. The Kier molecular flexibility index (Phi) is 5.57. The van der Waals surface area contributed by atoms with Crippen LogP contribution in [0.25, 0.3) is 0 Å². The van der Waals surface area contributed by atoms with Gasteiger partial charge in [0.15, 0.2) is 14.9 Å². The maximum Gasteiger partial charge on any atom is 0.228 e. The van der Waals surface area contributed by atoms with Crippen LogP contribution in [0.4, 0.5) is 0 Å². The number of hydrogen-bond donors (Lipinski definition) is 1. The highest BCUT2D eigenvalue weighted by Gasteiger charge is 2.28. The van der Waals surface area contributed by atoms with Crippen LogP contribution in [0.5, 0.6) is 0 Å². The Bertz CT molecular complexity index is 452. The molecule has 1 saturated heterocycles. The van der Waals surface area contributed by atoms with E-state index in [1.54, 1.807) is 6.92 Å². The van der Waals surface area contributed by atoms with E-state index in [1.807, 2.05) is 0 Å². The summed E-state index contributed by atoms with van der Waals surface area (Å²) in [6, 6.07) is 0. The van der Waals surface area contributed by atoms with Crippen molar-refractivity contribution >= 4 is 19.9 Å². The van der Waals surface area contributed by atoms with Gasteiger partial charge in [-0.3, -0.25) is 0 Å². The van der Waals surface area contributed by atoms with Gasteiger partial charge in [-0.15, -0.1) is 0 Å². The fourth-order valence-corrected chi connectivity index (χ4v) is 5.73. The Morgan fingerprint density at radius 3 is 2.17 bits per heavy atom. The molecule has 0 aromatic rings. The summed E-state index contributed by atoms with van der Waals surface area (Å²) in [5.74, 6) is 0.320. The summed E-state index contributed by atoms with van der Waals surface area (Å²) in [7, 11) is -7.22. The number of piperidine rings is 1. The number of nitrogens with one attached hydrogen (secondary N) is 1. The maximum absolute atomic E-state index is 12.0. The van der Waals surface area contributed by atoms with Gasteiger partial charge in [-0.25, -0.2) is 21.1 Å². The molecule has 1 fully saturated rings. The van der Waals surface area contributed by atoms with Crippen molar-refractivity contribution < 1.29 is 16.8 Å². The highest BCUT2D eigenvalue weighted by Crippen LogP contribution is 2.16. The third-order valence-corrected chi connectivity index (χ3v) is 7.13. The molecular weight excluding hydrogens is 276 g/mol. The fourth-order valence-electron chi connectivity index (χ4n) is 2.14. The number of rotatable bonds is 6. The van der Waals surface area contributed by atoms with Crippen molar-refractivity contribution in [3.63, 3.8) is 0 Å². The molecule has 0 aromatic heterocycles. The molecule has 0 atom stereocenters. The summed E-state index contributed by atoms with van der Waals surface area (Å²) >= 11 is 0. The molecule has 18 heavy (non-hydrogen) atoms. The largest absolute Gasteiger partial charge is 0.317 e. The molecule has 108 valence electrons. The van der Waals surface area contributed by atoms with Crippen LogP contribution in [-0.4, -0.2) is 58.7 Å². The molecule has 0 spiro atoms. The number of hydrogen-bond acceptors (Lipinski definition) is 5. The molecule has 1 rings (SSSR count). The molecule has 0 bridgehead atoms. The summed E-state index contributed by atoms with van der Waals surface area (Å²) in [4.78, 5) is 0. The zero-order valence-electron chi connectivity index (χ0n) is 10.9. The van der Waals surface area contributed by atoms with Gasteiger partial charge < -0.3 is 5.32 Å². The minimum Gasteiger partial charge on any atom is -0.317 e. The van der Waals surface area contributed by atoms with Crippen LogP contribution in [0.15, 0.2) is 0 Å². The molecule has 0 unspecified atom stereocenters. The van der Waals surface area contributed by atoms with Crippen molar-refractivity contribution in [2.75, 3.05) is 37.5 Å². The first-order chi connectivity index (χ1) is 8.24. The van der Waals surface area contributed by atoms with E-state index < -0.39 is 24.9 Å². The van der Waals surface area contributed by atoms with Gasteiger partial charge in [0.2, 0.25) is 10.0 Å². The van der Waals surface area contributed by atoms with E-state index in [4.69, 9.17) is 0 Å². The van der Waals surface area contributed by atoms with Gasteiger partial charge in [0.1, 0.15) is 0 Å². The van der Waals surface area contributed by atoms with Gasteiger partial charge >= 0.3 is 0 Å². The SMILES string of the molecule is CCN(CC1CCNCC1)S(=O)(=O)CS(C)(=O)=O. The minimum atomic E-state index is -3.70. The third kappa shape index (κ3) is 5.21. The van der Waals surface area contributed by atoms with E-state index >= 15 is 0 Å². The van der Waals surface area contributed by atoms with E-state index in [1.165, 1.54) is 4.31 Å². The van der Waals surface area contributed by atoms with Gasteiger partial charge in [-0.2, -0.15) is 0 Å². The molecule has 0 aromatic carbocycles. The Morgan fingerprint density at radius 2 is 1.72 bits per heavy atom. The first-order valence-electron chi connectivity index (χ1n) is 6.11. The second-order valence-electron chi connectivity index (χ2n) is 4.80. The van der Waals surface area contributed by atoms with E-state index in [0.717, 1.165) is 32.2 Å². The van der Waals surface area contributed by atoms with Crippen LogP contribution in [-0.2, 0) is 19.9 Å². The van der Waals surface area contributed by atoms with Gasteiger partial charge in [-0.05, 0) is 31.8 Å². The normalized spacial score (nSPS) is 19.3. The predicted molar refractivity (Wildman–Crippen MR) is 71.5 cm³/mol. The highest BCUT2D eigenvalue weighted by atomic mass is 32.3.